The van der Waals surface area contributed by atoms with Crippen molar-refractivity contribution in [1.29, 1.82) is 0 Å². The molecular weight excluding hydrogens is 296 g/mol. The largest absolute Gasteiger partial charge is 0.373 e. The van der Waals surface area contributed by atoms with Gasteiger partial charge in [-0.25, -0.2) is 8.42 Å². The summed E-state index contributed by atoms with van der Waals surface area (Å²) in [4.78, 5) is 10.2. The summed E-state index contributed by atoms with van der Waals surface area (Å²) in [6.45, 7) is 5.73. The van der Waals surface area contributed by atoms with E-state index < -0.39 is 14.9 Å². The molecular formula is C13H18N2O5S. The van der Waals surface area contributed by atoms with E-state index in [1.807, 2.05) is 0 Å². The monoisotopic (exact) mass is 314 g/mol. The van der Waals surface area contributed by atoms with Crippen molar-refractivity contribution in [3.05, 3.63) is 33.9 Å². The van der Waals surface area contributed by atoms with Crippen LogP contribution in [-0.2, 0) is 14.8 Å². The lowest BCUT2D eigenvalue weighted by molar-refractivity contribution is -0.385. The van der Waals surface area contributed by atoms with E-state index in [0.717, 1.165) is 6.07 Å². The molecule has 1 aromatic carbocycles. The van der Waals surface area contributed by atoms with E-state index >= 15 is 0 Å². The van der Waals surface area contributed by atoms with Crippen LogP contribution in [0.1, 0.15) is 19.4 Å². The molecule has 7 nitrogen and oxygen atoms in total. The Labute approximate surface area is 123 Å². The Morgan fingerprint density at radius 3 is 2.38 bits per heavy atom. The lowest BCUT2D eigenvalue weighted by Crippen LogP contribution is -2.48. The molecule has 0 N–H and O–H groups in total. The molecule has 1 saturated heterocycles. The number of nitrogens with zero attached hydrogens (tertiary/aromatic N) is 2. The van der Waals surface area contributed by atoms with Gasteiger partial charge in [0.15, 0.2) is 0 Å². The van der Waals surface area contributed by atoms with E-state index in [1.165, 1.54) is 16.4 Å². The van der Waals surface area contributed by atoms with Crippen molar-refractivity contribution < 1.29 is 18.1 Å². The van der Waals surface area contributed by atoms with Crippen LogP contribution >= 0.6 is 0 Å². The van der Waals surface area contributed by atoms with Crippen molar-refractivity contribution >= 4 is 15.7 Å². The Balaban J connectivity index is 2.44. The minimum atomic E-state index is -3.77. The zero-order valence-electron chi connectivity index (χ0n) is 12.1. The molecule has 0 unspecified atom stereocenters. The highest BCUT2D eigenvalue weighted by molar-refractivity contribution is 7.89. The third-order valence-corrected chi connectivity index (χ3v) is 5.36. The van der Waals surface area contributed by atoms with Gasteiger partial charge in [0.1, 0.15) is 0 Å². The molecule has 0 radical (unpaired) electrons. The first kappa shape index (κ1) is 15.9. The molecule has 2 atom stereocenters. The number of sulfonamides is 1. The first-order chi connectivity index (χ1) is 9.71. The maximum absolute atomic E-state index is 12.7. The standard InChI is InChI=1S/C13H18N2O5S/c1-9-4-5-12(15(16)17)6-13(9)21(18,19)14-7-10(2)20-11(3)8-14/h4-6,10-11H,7-8H2,1-3H3/t10-,11+. The van der Waals surface area contributed by atoms with Crippen LogP contribution in [0.2, 0.25) is 0 Å². The van der Waals surface area contributed by atoms with Gasteiger partial charge in [-0.15, -0.1) is 0 Å². The van der Waals surface area contributed by atoms with Gasteiger partial charge in [0, 0.05) is 25.2 Å². The third kappa shape index (κ3) is 3.22. The van der Waals surface area contributed by atoms with Crippen LogP contribution in [0.25, 0.3) is 0 Å². The fourth-order valence-corrected chi connectivity index (χ4v) is 4.28. The first-order valence-corrected chi connectivity index (χ1v) is 8.06. The lowest BCUT2D eigenvalue weighted by Gasteiger charge is -2.34. The van der Waals surface area contributed by atoms with E-state index in [9.17, 15) is 18.5 Å². The van der Waals surface area contributed by atoms with Gasteiger partial charge in [-0.3, -0.25) is 10.1 Å². The Kier molecular flexibility index (Phi) is 4.31. The number of aryl methyl sites for hydroxylation is 1. The van der Waals surface area contributed by atoms with Gasteiger partial charge in [-0.05, 0) is 26.3 Å². The lowest BCUT2D eigenvalue weighted by atomic mass is 10.2. The van der Waals surface area contributed by atoms with Crippen LogP contribution in [0.3, 0.4) is 0 Å². The summed E-state index contributed by atoms with van der Waals surface area (Å²) in [5.41, 5.74) is 0.265. The molecule has 1 aliphatic heterocycles. The molecule has 2 rings (SSSR count). The smallest absolute Gasteiger partial charge is 0.270 e. The molecule has 1 aliphatic rings. The zero-order chi connectivity index (χ0) is 15.8. The molecule has 0 aromatic heterocycles. The highest BCUT2D eigenvalue weighted by atomic mass is 32.2. The summed E-state index contributed by atoms with van der Waals surface area (Å²) in [7, 11) is -3.77. The van der Waals surface area contributed by atoms with Crippen molar-refractivity contribution in [1.82, 2.24) is 4.31 Å². The van der Waals surface area contributed by atoms with Gasteiger partial charge >= 0.3 is 0 Å². The van der Waals surface area contributed by atoms with Crippen molar-refractivity contribution in [3.63, 3.8) is 0 Å². The molecule has 21 heavy (non-hydrogen) atoms. The second-order valence-electron chi connectivity index (χ2n) is 5.29. The number of rotatable bonds is 3. The van der Waals surface area contributed by atoms with Crippen LogP contribution in [0.4, 0.5) is 5.69 Å². The average molecular weight is 314 g/mol. The fraction of sp³-hybridized carbons (Fsp3) is 0.538. The van der Waals surface area contributed by atoms with Gasteiger partial charge in [0.25, 0.3) is 5.69 Å². The molecule has 8 heteroatoms. The summed E-state index contributed by atoms with van der Waals surface area (Å²) in [6.07, 6.45) is -0.412. The Hall–Kier alpha value is -1.51. The number of benzene rings is 1. The number of non-ortho nitro benzene ring substituents is 1. The molecule has 116 valence electrons. The van der Waals surface area contributed by atoms with Crippen molar-refractivity contribution in [2.45, 2.75) is 37.9 Å². The second-order valence-corrected chi connectivity index (χ2v) is 7.19. The molecule has 0 bridgehead atoms. The number of hydrogen-bond acceptors (Lipinski definition) is 5. The molecule has 0 spiro atoms. The highest BCUT2D eigenvalue weighted by Crippen LogP contribution is 2.26. The van der Waals surface area contributed by atoms with Gasteiger partial charge in [-0.1, -0.05) is 6.07 Å². The van der Waals surface area contributed by atoms with E-state index in [2.05, 4.69) is 0 Å². The summed E-state index contributed by atoms with van der Waals surface area (Å²) >= 11 is 0. The fourth-order valence-electron chi connectivity index (χ4n) is 2.45. The van der Waals surface area contributed by atoms with Gasteiger partial charge in [0.2, 0.25) is 10.0 Å². The second kappa shape index (κ2) is 5.70. The summed E-state index contributed by atoms with van der Waals surface area (Å²) < 4.78 is 32.3. The quantitative estimate of drug-likeness (QED) is 0.625. The molecule has 0 saturated carbocycles. The minimum absolute atomic E-state index is 0.0157. The number of nitro benzene ring substituents is 1. The molecule has 1 fully saturated rings. The SMILES string of the molecule is Cc1ccc([N+](=O)[O-])cc1S(=O)(=O)N1C[C@@H](C)O[C@@H](C)C1. The van der Waals surface area contributed by atoms with E-state index in [1.54, 1.807) is 20.8 Å². The summed E-state index contributed by atoms with van der Waals surface area (Å²) in [5, 5.41) is 10.8. The molecule has 1 aromatic rings. The zero-order valence-corrected chi connectivity index (χ0v) is 13.0. The highest BCUT2D eigenvalue weighted by Gasteiger charge is 2.33. The van der Waals surface area contributed by atoms with Crippen LogP contribution in [0.5, 0.6) is 0 Å². The Morgan fingerprint density at radius 1 is 1.29 bits per heavy atom. The molecule has 1 heterocycles. The topological polar surface area (TPSA) is 89.8 Å². The van der Waals surface area contributed by atoms with Crippen molar-refractivity contribution in [3.8, 4) is 0 Å². The normalized spacial score (nSPS) is 24.0. The van der Waals surface area contributed by atoms with Crippen LogP contribution in [0, 0.1) is 17.0 Å². The van der Waals surface area contributed by atoms with Crippen molar-refractivity contribution in [2.24, 2.45) is 0 Å². The van der Waals surface area contributed by atoms with Crippen LogP contribution in [0.15, 0.2) is 23.1 Å². The maximum atomic E-state index is 12.7. The number of nitro groups is 1. The minimum Gasteiger partial charge on any atom is -0.373 e. The predicted molar refractivity (Wildman–Crippen MR) is 76.6 cm³/mol. The van der Waals surface area contributed by atoms with E-state index in [-0.39, 0.29) is 35.9 Å². The average Bonchev–Trinajstić information content (AvgIpc) is 2.37. The van der Waals surface area contributed by atoms with Gasteiger partial charge in [-0.2, -0.15) is 4.31 Å². The maximum Gasteiger partial charge on any atom is 0.270 e. The Bertz CT molecular complexity index is 649. The predicted octanol–water partition coefficient (Wildman–Crippen LogP) is 1.70. The molecule has 0 aliphatic carbocycles. The van der Waals surface area contributed by atoms with Gasteiger partial charge < -0.3 is 4.74 Å². The summed E-state index contributed by atoms with van der Waals surface area (Å²) in [5.74, 6) is 0. The van der Waals surface area contributed by atoms with Gasteiger partial charge in [0.05, 0.1) is 22.0 Å². The number of ether oxygens (including phenoxy) is 1. The number of morpholine rings is 1. The number of hydrogen-bond donors (Lipinski definition) is 0. The van der Waals surface area contributed by atoms with Crippen LogP contribution in [-0.4, -0.2) is 42.9 Å². The third-order valence-electron chi connectivity index (χ3n) is 3.39. The summed E-state index contributed by atoms with van der Waals surface area (Å²) in [6, 6.07) is 3.88. The Morgan fingerprint density at radius 2 is 1.86 bits per heavy atom. The first-order valence-electron chi connectivity index (χ1n) is 6.62. The van der Waals surface area contributed by atoms with Crippen molar-refractivity contribution in [2.75, 3.05) is 13.1 Å². The molecule has 0 amide bonds. The van der Waals surface area contributed by atoms with Crippen LogP contribution < -0.4 is 0 Å². The van der Waals surface area contributed by atoms with E-state index in [4.69, 9.17) is 4.74 Å². The van der Waals surface area contributed by atoms with E-state index in [0.29, 0.717) is 5.56 Å².